The highest BCUT2D eigenvalue weighted by Crippen LogP contribution is 2.61. The number of fused-ring (bicyclic) bond motifs is 3. The van der Waals surface area contributed by atoms with Crippen LogP contribution in [0.2, 0.25) is 0 Å². The molecule has 1 heterocycles. The second kappa shape index (κ2) is 4.78. The molecule has 1 aromatic heterocycles. The van der Waals surface area contributed by atoms with Crippen molar-refractivity contribution in [3.05, 3.63) is 59.5 Å². The van der Waals surface area contributed by atoms with Gasteiger partial charge in [0.2, 0.25) is 0 Å². The van der Waals surface area contributed by atoms with Crippen molar-refractivity contribution in [3.8, 4) is 0 Å². The van der Waals surface area contributed by atoms with E-state index in [-0.39, 0.29) is 0 Å². The van der Waals surface area contributed by atoms with Crippen molar-refractivity contribution in [2.75, 3.05) is 7.05 Å². The quantitative estimate of drug-likeness (QED) is 0.918. The summed E-state index contributed by atoms with van der Waals surface area (Å²) >= 11 is 0. The third-order valence-corrected chi connectivity index (χ3v) is 5.23. The molecule has 2 nitrogen and oxygen atoms in total. The summed E-state index contributed by atoms with van der Waals surface area (Å²) in [5.74, 6) is 3.51. The second-order valence-corrected chi connectivity index (χ2v) is 6.18. The van der Waals surface area contributed by atoms with Gasteiger partial charge in [-0.2, -0.15) is 0 Å². The molecule has 0 aliphatic heterocycles. The minimum Gasteiger partial charge on any atom is -0.469 e. The molecule has 1 saturated carbocycles. The maximum absolute atomic E-state index is 5.53. The normalized spacial score (nSPS) is 28.6. The van der Waals surface area contributed by atoms with Crippen molar-refractivity contribution < 1.29 is 4.42 Å². The number of hydrogen-bond donors (Lipinski definition) is 1. The first-order chi connectivity index (χ1) is 9.88. The molecular weight excluding hydrogens is 246 g/mol. The van der Waals surface area contributed by atoms with Gasteiger partial charge in [0.05, 0.1) is 6.26 Å². The molecule has 0 saturated heterocycles. The Morgan fingerprint density at radius 3 is 2.95 bits per heavy atom. The summed E-state index contributed by atoms with van der Waals surface area (Å²) in [5.41, 5.74) is 3.18. The molecule has 2 aromatic rings. The lowest BCUT2D eigenvalue weighted by molar-refractivity contribution is 0.414. The summed E-state index contributed by atoms with van der Waals surface area (Å²) < 4.78 is 5.53. The number of benzene rings is 1. The Kier molecular flexibility index (Phi) is 2.92. The number of hydrogen-bond acceptors (Lipinski definition) is 2. The van der Waals surface area contributed by atoms with Crippen LogP contribution in [-0.2, 0) is 12.8 Å². The molecule has 104 valence electrons. The largest absolute Gasteiger partial charge is 0.469 e. The van der Waals surface area contributed by atoms with Gasteiger partial charge in [-0.1, -0.05) is 24.3 Å². The lowest BCUT2D eigenvalue weighted by atomic mass is 9.92. The Labute approximate surface area is 120 Å². The molecule has 2 aliphatic rings. The summed E-state index contributed by atoms with van der Waals surface area (Å²) in [7, 11) is 2.09. The first-order valence-corrected chi connectivity index (χ1v) is 7.66. The highest BCUT2D eigenvalue weighted by atomic mass is 16.3. The maximum Gasteiger partial charge on any atom is 0.105 e. The lowest BCUT2D eigenvalue weighted by Crippen LogP contribution is -2.30. The predicted molar refractivity (Wildman–Crippen MR) is 79.7 cm³/mol. The highest BCUT2D eigenvalue weighted by molar-refractivity contribution is 5.40. The highest BCUT2D eigenvalue weighted by Gasteiger charge is 2.55. The molecule has 1 fully saturated rings. The van der Waals surface area contributed by atoms with Crippen LogP contribution in [0.3, 0.4) is 0 Å². The van der Waals surface area contributed by atoms with E-state index in [0.29, 0.717) is 6.04 Å². The Hall–Kier alpha value is -1.54. The molecule has 1 aromatic carbocycles. The van der Waals surface area contributed by atoms with Gasteiger partial charge in [-0.15, -0.1) is 0 Å². The van der Waals surface area contributed by atoms with Crippen LogP contribution in [-0.4, -0.2) is 13.1 Å². The van der Waals surface area contributed by atoms with Crippen molar-refractivity contribution in [3.63, 3.8) is 0 Å². The maximum atomic E-state index is 5.53. The Morgan fingerprint density at radius 2 is 2.15 bits per heavy atom. The van der Waals surface area contributed by atoms with Gasteiger partial charge in [-0.3, -0.25) is 0 Å². The van der Waals surface area contributed by atoms with Gasteiger partial charge in [0, 0.05) is 12.5 Å². The van der Waals surface area contributed by atoms with Crippen molar-refractivity contribution in [2.45, 2.75) is 31.2 Å². The van der Waals surface area contributed by atoms with Crippen LogP contribution < -0.4 is 5.32 Å². The van der Waals surface area contributed by atoms with Crippen LogP contribution in [0.15, 0.2) is 47.1 Å². The molecule has 2 heteroatoms. The fraction of sp³-hybridized carbons (Fsp3) is 0.444. The fourth-order valence-electron chi connectivity index (χ4n) is 4.24. The monoisotopic (exact) mass is 267 g/mol. The van der Waals surface area contributed by atoms with Gasteiger partial charge in [0.15, 0.2) is 0 Å². The SMILES string of the molecule is CNC(Cc1ccco1)C1C2CCc3ccccc3C21. The minimum atomic E-state index is 0.530. The first kappa shape index (κ1) is 12.2. The zero-order valence-corrected chi connectivity index (χ0v) is 11.9. The molecule has 1 N–H and O–H groups in total. The van der Waals surface area contributed by atoms with Crippen LogP contribution in [0, 0.1) is 11.8 Å². The topological polar surface area (TPSA) is 25.2 Å². The minimum absolute atomic E-state index is 0.530. The van der Waals surface area contributed by atoms with E-state index in [4.69, 9.17) is 4.42 Å². The zero-order valence-electron chi connectivity index (χ0n) is 11.9. The van der Waals surface area contributed by atoms with E-state index in [2.05, 4.69) is 42.7 Å². The smallest absolute Gasteiger partial charge is 0.105 e. The van der Waals surface area contributed by atoms with Crippen LogP contribution in [0.1, 0.15) is 29.2 Å². The fourth-order valence-corrected chi connectivity index (χ4v) is 4.24. The summed E-state index contributed by atoms with van der Waals surface area (Å²) in [6.45, 7) is 0. The van der Waals surface area contributed by atoms with Gasteiger partial charge in [0.25, 0.3) is 0 Å². The predicted octanol–water partition coefficient (Wildman–Crippen LogP) is 3.39. The van der Waals surface area contributed by atoms with Crippen molar-refractivity contribution in [1.29, 1.82) is 0 Å². The first-order valence-electron chi connectivity index (χ1n) is 7.66. The number of rotatable bonds is 4. The average molecular weight is 267 g/mol. The van der Waals surface area contributed by atoms with Gasteiger partial charge in [0.1, 0.15) is 5.76 Å². The number of furan rings is 1. The molecule has 0 spiro atoms. The summed E-state index contributed by atoms with van der Waals surface area (Å²) in [6.07, 6.45) is 5.38. The Bertz CT molecular complexity index is 589. The van der Waals surface area contributed by atoms with Crippen LogP contribution >= 0.6 is 0 Å². The summed E-state index contributed by atoms with van der Waals surface area (Å²) in [4.78, 5) is 0. The van der Waals surface area contributed by atoms with Crippen molar-refractivity contribution in [1.82, 2.24) is 5.32 Å². The molecule has 20 heavy (non-hydrogen) atoms. The summed E-state index contributed by atoms with van der Waals surface area (Å²) in [6, 6.07) is 13.6. The van der Waals surface area contributed by atoms with E-state index >= 15 is 0 Å². The van der Waals surface area contributed by atoms with Crippen LogP contribution in [0.5, 0.6) is 0 Å². The van der Waals surface area contributed by atoms with Crippen molar-refractivity contribution in [2.24, 2.45) is 11.8 Å². The standard InChI is InChI=1S/C18H21NO/c1-19-16(11-13-6-4-10-20-13)18-15-9-8-12-5-2-3-7-14(12)17(15)18/h2-7,10,15-19H,8-9,11H2,1H3. The second-order valence-electron chi connectivity index (χ2n) is 6.18. The van der Waals surface area contributed by atoms with Gasteiger partial charge in [-0.25, -0.2) is 0 Å². The van der Waals surface area contributed by atoms with E-state index in [1.807, 2.05) is 6.07 Å². The molecule has 0 amide bonds. The lowest BCUT2D eigenvalue weighted by Gasteiger charge is -2.15. The molecular formula is C18H21NO. The number of likely N-dealkylation sites (N-methyl/N-ethyl adjacent to an activating group) is 1. The van der Waals surface area contributed by atoms with E-state index in [1.54, 1.807) is 17.4 Å². The van der Waals surface area contributed by atoms with Gasteiger partial charge in [-0.05, 0) is 60.9 Å². The van der Waals surface area contributed by atoms with E-state index < -0.39 is 0 Å². The van der Waals surface area contributed by atoms with Gasteiger partial charge < -0.3 is 9.73 Å². The third-order valence-electron chi connectivity index (χ3n) is 5.23. The molecule has 0 radical (unpaired) electrons. The summed E-state index contributed by atoms with van der Waals surface area (Å²) in [5, 5.41) is 3.53. The average Bonchev–Trinajstić information content (AvgIpc) is 3.00. The van der Waals surface area contributed by atoms with Crippen LogP contribution in [0.4, 0.5) is 0 Å². The van der Waals surface area contributed by atoms with Gasteiger partial charge >= 0.3 is 0 Å². The molecule has 2 aliphatic carbocycles. The van der Waals surface area contributed by atoms with E-state index in [1.165, 1.54) is 12.8 Å². The molecule has 4 atom stereocenters. The van der Waals surface area contributed by atoms with Crippen molar-refractivity contribution >= 4 is 0 Å². The molecule has 4 unspecified atom stereocenters. The Morgan fingerprint density at radius 1 is 1.25 bits per heavy atom. The van der Waals surface area contributed by atoms with E-state index in [0.717, 1.165) is 29.9 Å². The Balaban J connectivity index is 1.56. The van der Waals surface area contributed by atoms with E-state index in [9.17, 15) is 0 Å². The third kappa shape index (κ3) is 1.90. The molecule has 4 rings (SSSR count). The number of aryl methyl sites for hydroxylation is 1. The van der Waals surface area contributed by atoms with Crippen LogP contribution in [0.25, 0.3) is 0 Å². The molecule has 0 bridgehead atoms. The number of nitrogens with one attached hydrogen (secondary N) is 1. The zero-order chi connectivity index (χ0) is 13.5.